The highest BCUT2D eigenvalue weighted by atomic mass is 16.2. The van der Waals surface area contributed by atoms with Crippen LogP contribution in [-0.2, 0) is 4.79 Å². The smallest absolute Gasteiger partial charge is 0.229 e. The Morgan fingerprint density at radius 2 is 1.60 bits per heavy atom. The van der Waals surface area contributed by atoms with E-state index in [2.05, 4.69) is 6.07 Å². The Hall–Kier alpha value is -1.04. The maximum Gasteiger partial charge on any atom is 0.229 e. The maximum atomic E-state index is 12.8. The van der Waals surface area contributed by atoms with Crippen LogP contribution in [0.2, 0.25) is 0 Å². The molecule has 0 unspecified atom stereocenters. The summed E-state index contributed by atoms with van der Waals surface area (Å²) in [5.41, 5.74) is -0.383. The molecule has 110 valence electrons. The summed E-state index contributed by atoms with van der Waals surface area (Å²) in [5, 5.41) is 9.16. The quantitative estimate of drug-likeness (QED) is 0.726. The van der Waals surface area contributed by atoms with Gasteiger partial charge in [-0.1, -0.05) is 20.8 Å². The summed E-state index contributed by atoms with van der Waals surface area (Å²) >= 11 is 0. The number of carbonyl (C=O) groups is 1. The first-order valence-electron chi connectivity index (χ1n) is 8.08. The molecule has 0 spiro atoms. The number of rotatable bonds is 2. The molecule has 4 aliphatic rings. The largest absolute Gasteiger partial charge is 0.325 e. The van der Waals surface area contributed by atoms with E-state index >= 15 is 0 Å². The van der Waals surface area contributed by atoms with E-state index in [9.17, 15) is 4.79 Å². The van der Waals surface area contributed by atoms with Gasteiger partial charge >= 0.3 is 0 Å². The van der Waals surface area contributed by atoms with E-state index in [0.717, 1.165) is 11.8 Å². The summed E-state index contributed by atoms with van der Waals surface area (Å²) < 4.78 is 0. The number of nitriles is 1. The lowest BCUT2D eigenvalue weighted by Crippen LogP contribution is -2.59. The van der Waals surface area contributed by atoms with Gasteiger partial charge in [-0.3, -0.25) is 4.79 Å². The van der Waals surface area contributed by atoms with E-state index in [1.54, 1.807) is 0 Å². The van der Waals surface area contributed by atoms with Crippen molar-refractivity contribution in [2.75, 3.05) is 6.54 Å². The van der Waals surface area contributed by atoms with Gasteiger partial charge in [-0.05, 0) is 55.8 Å². The van der Waals surface area contributed by atoms with Crippen molar-refractivity contribution in [2.24, 2.45) is 29.1 Å². The fourth-order valence-electron chi connectivity index (χ4n) is 5.22. The SMILES string of the molecule is CC(C)(C)C(=O)N(CC#N)C1C2CC3CC(C2)CC1C3. The van der Waals surface area contributed by atoms with Gasteiger partial charge in [0.25, 0.3) is 0 Å². The fourth-order valence-corrected chi connectivity index (χ4v) is 5.22. The fraction of sp³-hybridized carbons (Fsp3) is 0.882. The van der Waals surface area contributed by atoms with Gasteiger partial charge in [-0.2, -0.15) is 5.26 Å². The molecule has 20 heavy (non-hydrogen) atoms. The number of hydrogen-bond donors (Lipinski definition) is 0. The topological polar surface area (TPSA) is 44.1 Å². The molecule has 0 saturated heterocycles. The van der Waals surface area contributed by atoms with Gasteiger partial charge in [-0.15, -0.1) is 0 Å². The molecule has 0 aromatic carbocycles. The van der Waals surface area contributed by atoms with Crippen molar-refractivity contribution in [2.45, 2.75) is 58.9 Å². The molecule has 4 saturated carbocycles. The molecule has 0 aromatic rings. The lowest BCUT2D eigenvalue weighted by Gasteiger charge is -2.57. The molecule has 0 heterocycles. The van der Waals surface area contributed by atoms with Crippen LogP contribution in [0.1, 0.15) is 52.9 Å². The average Bonchev–Trinajstić information content (AvgIpc) is 2.34. The molecule has 4 bridgehead atoms. The highest BCUT2D eigenvalue weighted by Gasteiger charge is 2.51. The zero-order valence-electron chi connectivity index (χ0n) is 12.9. The average molecular weight is 274 g/mol. The molecule has 0 N–H and O–H groups in total. The summed E-state index contributed by atoms with van der Waals surface area (Å²) in [4.78, 5) is 14.7. The van der Waals surface area contributed by atoms with Crippen molar-refractivity contribution in [3.63, 3.8) is 0 Å². The first-order valence-corrected chi connectivity index (χ1v) is 8.08. The minimum atomic E-state index is -0.383. The first-order chi connectivity index (χ1) is 9.40. The van der Waals surface area contributed by atoms with Crippen LogP contribution in [0, 0.1) is 40.4 Å². The van der Waals surface area contributed by atoms with Crippen LogP contribution in [0.25, 0.3) is 0 Å². The number of amides is 1. The van der Waals surface area contributed by atoms with Gasteiger partial charge in [-0.25, -0.2) is 0 Å². The van der Waals surface area contributed by atoms with E-state index < -0.39 is 0 Å². The molecule has 0 atom stereocenters. The molecular weight excluding hydrogens is 248 g/mol. The highest BCUT2D eigenvalue weighted by molar-refractivity contribution is 5.82. The van der Waals surface area contributed by atoms with Crippen LogP contribution < -0.4 is 0 Å². The third-order valence-electron chi connectivity index (χ3n) is 5.68. The minimum absolute atomic E-state index is 0.163. The Morgan fingerprint density at radius 3 is 2.00 bits per heavy atom. The van der Waals surface area contributed by atoms with Crippen LogP contribution in [0.3, 0.4) is 0 Å². The molecule has 4 aliphatic carbocycles. The molecule has 3 heteroatoms. The monoisotopic (exact) mass is 274 g/mol. The molecule has 4 fully saturated rings. The van der Waals surface area contributed by atoms with Crippen molar-refractivity contribution in [1.82, 2.24) is 4.90 Å². The second-order valence-corrected chi connectivity index (χ2v) is 8.26. The summed E-state index contributed by atoms with van der Waals surface area (Å²) in [6.07, 6.45) is 6.58. The van der Waals surface area contributed by atoms with Gasteiger partial charge < -0.3 is 4.90 Å². The van der Waals surface area contributed by atoms with Crippen molar-refractivity contribution in [1.29, 1.82) is 5.26 Å². The predicted molar refractivity (Wildman–Crippen MR) is 77.6 cm³/mol. The zero-order valence-corrected chi connectivity index (χ0v) is 12.9. The van der Waals surface area contributed by atoms with Gasteiger partial charge in [0.15, 0.2) is 0 Å². The Labute approximate surface area is 122 Å². The second-order valence-electron chi connectivity index (χ2n) is 8.26. The minimum Gasteiger partial charge on any atom is -0.325 e. The summed E-state index contributed by atoms with van der Waals surface area (Å²) in [7, 11) is 0. The lowest BCUT2D eigenvalue weighted by molar-refractivity contribution is -0.150. The van der Waals surface area contributed by atoms with Crippen LogP contribution in [0.15, 0.2) is 0 Å². The standard InChI is InChI=1S/C17H26N2O/c1-17(2,3)16(20)19(5-4-18)15-13-7-11-6-12(9-13)10-14(15)8-11/h11-15H,5-10H2,1-3H3. The van der Waals surface area contributed by atoms with Crippen molar-refractivity contribution in [3.05, 3.63) is 0 Å². The molecule has 4 rings (SSSR count). The number of hydrogen-bond acceptors (Lipinski definition) is 2. The molecule has 0 radical (unpaired) electrons. The van der Waals surface area contributed by atoms with Gasteiger partial charge in [0.2, 0.25) is 5.91 Å². The maximum absolute atomic E-state index is 12.8. The van der Waals surface area contributed by atoms with Crippen molar-refractivity contribution in [3.8, 4) is 6.07 Å². The van der Waals surface area contributed by atoms with Crippen LogP contribution >= 0.6 is 0 Å². The summed E-state index contributed by atoms with van der Waals surface area (Å²) in [5.74, 6) is 3.29. The van der Waals surface area contributed by atoms with Crippen molar-refractivity contribution < 1.29 is 4.79 Å². The summed E-state index contributed by atoms with van der Waals surface area (Å²) in [6.45, 7) is 6.17. The Morgan fingerprint density at radius 1 is 1.10 bits per heavy atom. The Balaban J connectivity index is 1.85. The summed E-state index contributed by atoms with van der Waals surface area (Å²) in [6, 6.07) is 2.58. The van der Waals surface area contributed by atoms with E-state index in [1.165, 1.54) is 32.1 Å². The Bertz CT molecular complexity index is 415. The van der Waals surface area contributed by atoms with E-state index in [4.69, 9.17) is 5.26 Å². The van der Waals surface area contributed by atoms with Crippen LogP contribution in [0.4, 0.5) is 0 Å². The molecule has 0 aliphatic heterocycles. The third-order valence-corrected chi connectivity index (χ3v) is 5.68. The highest BCUT2D eigenvalue weighted by Crippen LogP contribution is 2.55. The third kappa shape index (κ3) is 2.24. The Kier molecular flexibility index (Phi) is 3.31. The van der Waals surface area contributed by atoms with Crippen LogP contribution in [0.5, 0.6) is 0 Å². The van der Waals surface area contributed by atoms with Gasteiger partial charge in [0.1, 0.15) is 6.54 Å². The zero-order chi connectivity index (χ0) is 14.5. The van der Waals surface area contributed by atoms with E-state index in [1.807, 2.05) is 25.7 Å². The number of nitrogens with zero attached hydrogens (tertiary/aromatic N) is 2. The second kappa shape index (κ2) is 4.76. The molecule has 3 nitrogen and oxygen atoms in total. The lowest BCUT2D eigenvalue weighted by atomic mass is 9.53. The van der Waals surface area contributed by atoms with Gasteiger partial charge in [0.05, 0.1) is 6.07 Å². The normalized spacial score (nSPS) is 38.6. The first kappa shape index (κ1) is 13.9. The predicted octanol–water partition coefficient (Wildman–Crippen LogP) is 3.21. The molecule has 1 amide bonds. The van der Waals surface area contributed by atoms with Crippen LogP contribution in [-0.4, -0.2) is 23.4 Å². The van der Waals surface area contributed by atoms with Gasteiger partial charge in [0, 0.05) is 11.5 Å². The number of carbonyl (C=O) groups excluding carboxylic acids is 1. The van der Waals surface area contributed by atoms with Crippen molar-refractivity contribution >= 4 is 5.91 Å². The molecule has 0 aromatic heterocycles. The van der Waals surface area contributed by atoms with E-state index in [-0.39, 0.29) is 17.9 Å². The molecular formula is C17H26N2O. The van der Waals surface area contributed by atoms with E-state index in [0.29, 0.717) is 17.9 Å².